The smallest absolute Gasteiger partial charge is 0.459 e. The van der Waals surface area contributed by atoms with Gasteiger partial charge in [0.1, 0.15) is 31.3 Å². The van der Waals surface area contributed by atoms with Crippen molar-refractivity contribution in [2.45, 2.75) is 74.9 Å². The summed E-state index contributed by atoms with van der Waals surface area (Å²) < 4.78 is 36.1. The molecule has 0 amide bonds. The predicted octanol–water partition coefficient (Wildman–Crippen LogP) is 2.51. The summed E-state index contributed by atoms with van der Waals surface area (Å²) in [4.78, 5) is 11.0. The number of halogens is 1. The van der Waals surface area contributed by atoms with Crippen LogP contribution in [0.1, 0.15) is 34.1 Å². The molecule has 3 unspecified atom stereocenters. The molecule has 0 bridgehead atoms. The van der Waals surface area contributed by atoms with Gasteiger partial charge in [-0.1, -0.05) is 18.2 Å². The molecule has 2 fully saturated rings. The maximum Gasteiger partial charge on any atom is 0.459 e. The van der Waals surface area contributed by atoms with Crippen molar-refractivity contribution in [1.29, 1.82) is 0 Å². The summed E-state index contributed by atoms with van der Waals surface area (Å²) >= 11 is 6.57. The Bertz CT molecular complexity index is 826. The Kier molecular flexibility index (Phi) is 6.64. The third kappa shape index (κ3) is 4.72. The van der Waals surface area contributed by atoms with Crippen LogP contribution >= 0.6 is 19.3 Å². The highest BCUT2D eigenvalue weighted by Gasteiger charge is 2.73. The van der Waals surface area contributed by atoms with Crippen molar-refractivity contribution in [1.82, 2.24) is 5.09 Å². The molecule has 164 valence electrons. The van der Waals surface area contributed by atoms with Crippen LogP contribution in [-0.2, 0) is 23.4 Å². The third-order valence-corrected chi connectivity index (χ3v) is 7.10. The van der Waals surface area contributed by atoms with Gasteiger partial charge in [-0.25, -0.2) is 4.57 Å². The maximum absolute atomic E-state index is 13.8. The summed E-state index contributed by atoms with van der Waals surface area (Å²) in [6.07, 6.45) is -2.06. The van der Waals surface area contributed by atoms with E-state index in [2.05, 4.69) is 5.09 Å². The van der Waals surface area contributed by atoms with Gasteiger partial charge in [0, 0.05) is 12.4 Å². The summed E-state index contributed by atoms with van der Waals surface area (Å²) in [6.45, 7) is 6.46. The van der Waals surface area contributed by atoms with E-state index in [0.29, 0.717) is 0 Å². The van der Waals surface area contributed by atoms with E-state index in [-0.39, 0.29) is 18.3 Å². The maximum atomic E-state index is 13.8. The molecule has 2 N–H and O–H groups in total. The standard InChI is InChI=1S/C19H26BClNO7P/c1-11(2)26-15(24)12(3)22-30(25,28-13-8-6-5-7-9-13)29-16-18(4,21)17(20)27-19(16)10-14(19)23/h5-9,11-12,14,16-17,23H,10H2,1-4H3,(H,22,25)/t12-,14?,16+,17-,18-,19?,30?/m1/s1. The van der Waals surface area contributed by atoms with E-state index in [1.54, 1.807) is 51.1 Å². The van der Waals surface area contributed by atoms with Crippen LogP contribution in [0.3, 0.4) is 0 Å². The fourth-order valence-corrected chi connectivity index (χ4v) is 5.49. The summed E-state index contributed by atoms with van der Waals surface area (Å²) in [7, 11) is 1.79. The summed E-state index contributed by atoms with van der Waals surface area (Å²) in [5, 5.41) is 12.8. The molecule has 2 radical (unpaired) electrons. The Morgan fingerprint density at radius 3 is 2.50 bits per heavy atom. The fraction of sp³-hybridized carbons (Fsp3) is 0.632. The number of ether oxygens (including phenoxy) is 2. The highest BCUT2D eigenvalue weighted by molar-refractivity contribution is 7.52. The van der Waals surface area contributed by atoms with Gasteiger partial charge < -0.3 is 19.1 Å². The molecule has 1 aromatic rings. The number of para-hydroxylation sites is 1. The van der Waals surface area contributed by atoms with Crippen molar-refractivity contribution >= 4 is 33.2 Å². The lowest BCUT2D eigenvalue weighted by Crippen LogP contribution is -2.46. The second-order valence-corrected chi connectivity index (χ2v) is 10.5. The van der Waals surface area contributed by atoms with Gasteiger partial charge >= 0.3 is 13.7 Å². The van der Waals surface area contributed by atoms with E-state index in [1.165, 1.54) is 6.92 Å². The van der Waals surface area contributed by atoms with E-state index in [1.807, 2.05) is 0 Å². The summed E-state index contributed by atoms with van der Waals surface area (Å²) in [5.74, 6) is -0.373. The molecule has 2 aliphatic rings. The Morgan fingerprint density at radius 1 is 1.37 bits per heavy atom. The van der Waals surface area contributed by atoms with Crippen LogP contribution in [0.5, 0.6) is 5.75 Å². The summed E-state index contributed by atoms with van der Waals surface area (Å²) in [5.41, 5.74) is -1.19. The second-order valence-electron chi connectivity index (χ2n) is 8.09. The van der Waals surface area contributed by atoms with E-state index in [9.17, 15) is 14.5 Å². The van der Waals surface area contributed by atoms with Crippen LogP contribution in [-0.4, -0.2) is 59.8 Å². The van der Waals surface area contributed by atoms with Crippen LogP contribution in [0.4, 0.5) is 0 Å². The number of alkyl halides is 1. The van der Waals surface area contributed by atoms with Gasteiger partial charge in [0.05, 0.1) is 17.1 Å². The van der Waals surface area contributed by atoms with Gasteiger partial charge in [-0.15, -0.1) is 11.6 Å². The zero-order chi connectivity index (χ0) is 22.3. The van der Waals surface area contributed by atoms with Gasteiger partial charge in [-0.2, -0.15) is 5.09 Å². The normalized spacial score (nSPS) is 35.8. The van der Waals surface area contributed by atoms with Gasteiger partial charge in [-0.05, 0) is 39.8 Å². The molecule has 11 heteroatoms. The van der Waals surface area contributed by atoms with Crippen LogP contribution < -0.4 is 9.61 Å². The molecule has 8 nitrogen and oxygen atoms in total. The first-order valence-electron chi connectivity index (χ1n) is 9.71. The quantitative estimate of drug-likeness (QED) is 0.266. The molecule has 3 rings (SSSR count). The van der Waals surface area contributed by atoms with Crippen molar-refractivity contribution in [3.63, 3.8) is 0 Å². The molecule has 0 aromatic heterocycles. The SMILES string of the molecule is [B][C@@H]1OC2(CC2O)[C@@H](OP(=O)(N[C@H](C)C(=O)OC(C)C)Oc2ccccc2)[C@@]1(C)Cl. The molecule has 1 aromatic carbocycles. The molecule has 1 spiro atoms. The number of nitrogens with one attached hydrogen (secondary N) is 1. The van der Waals surface area contributed by atoms with E-state index in [4.69, 9.17) is 38.0 Å². The van der Waals surface area contributed by atoms with Crippen LogP contribution in [0.15, 0.2) is 30.3 Å². The van der Waals surface area contributed by atoms with Crippen LogP contribution in [0.2, 0.25) is 0 Å². The minimum atomic E-state index is -4.20. The highest BCUT2D eigenvalue weighted by atomic mass is 35.5. The monoisotopic (exact) mass is 457 g/mol. The molecule has 1 saturated carbocycles. The minimum absolute atomic E-state index is 0.226. The Balaban J connectivity index is 1.87. The molecule has 1 heterocycles. The third-order valence-electron chi connectivity index (χ3n) is 5.05. The molecule has 1 aliphatic heterocycles. The number of carbonyl (C=O) groups is 1. The zero-order valence-corrected chi connectivity index (χ0v) is 18.9. The summed E-state index contributed by atoms with van der Waals surface area (Å²) in [6, 6.07) is 6.37. The second kappa shape index (κ2) is 8.45. The number of benzene rings is 1. The Hall–Kier alpha value is -1.09. The Morgan fingerprint density at radius 2 is 1.97 bits per heavy atom. The number of hydrogen-bond acceptors (Lipinski definition) is 7. The van der Waals surface area contributed by atoms with Gasteiger partial charge in [0.15, 0.2) is 0 Å². The number of aliphatic hydroxyl groups is 1. The number of hydrogen-bond donors (Lipinski definition) is 2. The van der Waals surface area contributed by atoms with Crippen molar-refractivity contribution in [3.05, 3.63) is 30.3 Å². The fourth-order valence-electron chi connectivity index (χ4n) is 3.35. The lowest BCUT2D eigenvalue weighted by Gasteiger charge is -2.32. The molecular weight excluding hydrogens is 431 g/mol. The first-order chi connectivity index (χ1) is 13.9. The number of aliphatic hydroxyl groups excluding tert-OH is 1. The molecular formula is C19H26BClNO7P. The van der Waals surface area contributed by atoms with E-state index >= 15 is 0 Å². The predicted molar refractivity (Wildman–Crippen MR) is 112 cm³/mol. The first-order valence-corrected chi connectivity index (χ1v) is 11.6. The van der Waals surface area contributed by atoms with E-state index in [0.717, 1.165) is 0 Å². The number of rotatable bonds is 8. The lowest BCUT2D eigenvalue weighted by atomic mass is 9.85. The van der Waals surface area contributed by atoms with Crippen molar-refractivity contribution in [3.8, 4) is 5.75 Å². The topological polar surface area (TPSA) is 103 Å². The first kappa shape index (κ1) is 23.6. The van der Waals surface area contributed by atoms with Gasteiger partial charge in [0.2, 0.25) is 0 Å². The molecule has 7 atom stereocenters. The van der Waals surface area contributed by atoms with Crippen molar-refractivity contribution in [2.24, 2.45) is 0 Å². The van der Waals surface area contributed by atoms with Crippen molar-refractivity contribution in [2.75, 3.05) is 0 Å². The van der Waals surface area contributed by atoms with Crippen LogP contribution in [0.25, 0.3) is 0 Å². The van der Waals surface area contributed by atoms with E-state index < -0.39 is 48.4 Å². The van der Waals surface area contributed by atoms with Crippen molar-refractivity contribution < 1.29 is 33.0 Å². The molecule has 1 aliphatic carbocycles. The lowest BCUT2D eigenvalue weighted by molar-refractivity contribution is -0.149. The molecule has 1 saturated heterocycles. The number of carbonyl (C=O) groups excluding carboxylic acids is 1. The number of esters is 1. The van der Waals surface area contributed by atoms with Gasteiger partial charge in [-0.3, -0.25) is 9.32 Å². The molecule has 30 heavy (non-hydrogen) atoms. The Labute approximate surface area is 182 Å². The largest absolute Gasteiger partial charge is 0.462 e. The average molecular weight is 458 g/mol. The zero-order valence-electron chi connectivity index (χ0n) is 17.3. The van der Waals surface area contributed by atoms with Gasteiger partial charge in [0.25, 0.3) is 0 Å². The minimum Gasteiger partial charge on any atom is -0.462 e. The highest BCUT2D eigenvalue weighted by Crippen LogP contribution is 2.61. The van der Waals surface area contributed by atoms with Crippen LogP contribution in [0, 0.1) is 0 Å². The average Bonchev–Trinajstić information content (AvgIpc) is 3.24.